The summed E-state index contributed by atoms with van der Waals surface area (Å²) in [5.74, 6) is 1.33. The van der Waals surface area contributed by atoms with Crippen molar-refractivity contribution in [2.45, 2.75) is 4.90 Å². The van der Waals surface area contributed by atoms with Crippen LogP contribution in [0.3, 0.4) is 0 Å². The molecule has 0 saturated heterocycles. The number of non-ortho nitro benzene ring substituents is 1. The lowest BCUT2D eigenvalue weighted by atomic mass is 10.3. The summed E-state index contributed by atoms with van der Waals surface area (Å²) in [6.45, 7) is 0. The first-order chi connectivity index (χ1) is 13.8. The van der Waals surface area contributed by atoms with Crippen LogP contribution >= 0.6 is 11.6 Å². The fourth-order valence-electron chi connectivity index (χ4n) is 2.39. The molecule has 0 radical (unpaired) electrons. The molecule has 0 aromatic heterocycles. The van der Waals surface area contributed by atoms with Crippen LogP contribution in [0, 0.1) is 10.1 Å². The fourth-order valence-corrected chi connectivity index (χ4v) is 3.63. The Bertz CT molecular complexity index is 1130. The second-order valence-electron chi connectivity index (χ2n) is 5.77. The average Bonchev–Trinajstić information content (AvgIpc) is 2.70. The third-order valence-corrected chi connectivity index (χ3v) is 5.45. The number of benzene rings is 3. The first-order valence-electron chi connectivity index (χ1n) is 8.17. The highest BCUT2D eigenvalue weighted by molar-refractivity contribution is 7.92. The van der Waals surface area contributed by atoms with Crippen LogP contribution < -0.4 is 14.2 Å². The van der Waals surface area contributed by atoms with Gasteiger partial charge in [-0.3, -0.25) is 14.8 Å². The number of nitro groups is 1. The van der Waals surface area contributed by atoms with Crippen LogP contribution in [0.4, 0.5) is 11.4 Å². The number of sulfonamides is 1. The van der Waals surface area contributed by atoms with Gasteiger partial charge >= 0.3 is 0 Å². The molecule has 0 saturated carbocycles. The van der Waals surface area contributed by atoms with Gasteiger partial charge in [0, 0.05) is 17.2 Å². The molecule has 150 valence electrons. The van der Waals surface area contributed by atoms with Crippen molar-refractivity contribution in [1.82, 2.24) is 0 Å². The molecule has 3 rings (SSSR count). The zero-order chi connectivity index (χ0) is 21.0. The topological polar surface area (TPSA) is 108 Å². The summed E-state index contributed by atoms with van der Waals surface area (Å²) >= 11 is 6.01. The van der Waals surface area contributed by atoms with Crippen LogP contribution in [0.1, 0.15) is 0 Å². The molecule has 3 aromatic carbocycles. The van der Waals surface area contributed by atoms with Crippen molar-refractivity contribution < 1.29 is 22.8 Å². The SMILES string of the molecule is COc1ccc(Oc2ccc(Cl)cc2NS(=O)(=O)c2ccc([N+](=O)[O-])cc2)cc1. The average molecular weight is 435 g/mol. The normalized spacial score (nSPS) is 11.0. The molecule has 0 fully saturated rings. The van der Waals surface area contributed by atoms with E-state index < -0.39 is 14.9 Å². The predicted octanol–water partition coefficient (Wildman–Crippen LogP) is 4.85. The van der Waals surface area contributed by atoms with Crippen molar-refractivity contribution in [3.63, 3.8) is 0 Å². The number of methoxy groups -OCH3 is 1. The van der Waals surface area contributed by atoms with Gasteiger partial charge in [-0.2, -0.15) is 0 Å². The van der Waals surface area contributed by atoms with Gasteiger partial charge in [0.1, 0.15) is 11.5 Å². The number of nitrogens with zero attached hydrogens (tertiary/aromatic N) is 1. The van der Waals surface area contributed by atoms with E-state index in [1.165, 1.54) is 12.1 Å². The Hall–Kier alpha value is -3.30. The molecule has 8 nitrogen and oxygen atoms in total. The van der Waals surface area contributed by atoms with Gasteiger partial charge in [0.05, 0.1) is 22.6 Å². The van der Waals surface area contributed by atoms with Gasteiger partial charge in [0.2, 0.25) is 0 Å². The minimum atomic E-state index is -4.03. The molecule has 0 amide bonds. The summed E-state index contributed by atoms with van der Waals surface area (Å²) in [6, 6.07) is 15.8. The lowest BCUT2D eigenvalue weighted by molar-refractivity contribution is -0.384. The number of anilines is 1. The van der Waals surface area contributed by atoms with E-state index in [1.54, 1.807) is 37.4 Å². The summed E-state index contributed by atoms with van der Waals surface area (Å²) in [5, 5.41) is 11.0. The number of ether oxygens (including phenoxy) is 2. The molecule has 0 aliphatic carbocycles. The number of hydrogen-bond acceptors (Lipinski definition) is 6. The van der Waals surface area contributed by atoms with Gasteiger partial charge < -0.3 is 9.47 Å². The van der Waals surface area contributed by atoms with Crippen LogP contribution in [0.15, 0.2) is 71.6 Å². The lowest BCUT2D eigenvalue weighted by Crippen LogP contribution is -2.13. The molecule has 0 aliphatic rings. The third kappa shape index (κ3) is 4.95. The van der Waals surface area contributed by atoms with E-state index >= 15 is 0 Å². The largest absolute Gasteiger partial charge is 0.497 e. The van der Waals surface area contributed by atoms with E-state index in [2.05, 4.69) is 4.72 Å². The molecule has 0 aliphatic heterocycles. The van der Waals surface area contributed by atoms with Crippen molar-refractivity contribution in [3.8, 4) is 17.2 Å². The van der Waals surface area contributed by atoms with Crippen LogP contribution in [-0.2, 0) is 10.0 Å². The zero-order valence-corrected chi connectivity index (χ0v) is 16.6. The Morgan fingerprint density at radius 1 is 0.966 bits per heavy atom. The quantitative estimate of drug-likeness (QED) is 0.420. The predicted molar refractivity (Wildman–Crippen MR) is 108 cm³/mol. The molecule has 29 heavy (non-hydrogen) atoms. The van der Waals surface area contributed by atoms with E-state index in [0.717, 1.165) is 24.3 Å². The maximum atomic E-state index is 12.7. The van der Waals surface area contributed by atoms with Crippen LogP contribution in [0.2, 0.25) is 5.02 Å². The Morgan fingerprint density at radius 2 is 1.59 bits per heavy atom. The lowest BCUT2D eigenvalue weighted by Gasteiger charge is -2.14. The smallest absolute Gasteiger partial charge is 0.269 e. The second kappa shape index (κ2) is 8.38. The Labute approximate surface area is 171 Å². The molecule has 1 N–H and O–H groups in total. The standard InChI is InChI=1S/C19H15ClN2O6S/c1-27-15-5-7-16(8-6-15)28-19-11-2-13(20)12-18(19)21-29(25,26)17-9-3-14(4-10-17)22(23)24/h2-12,21H,1H3. The van der Waals surface area contributed by atoms with Crippen LogP contribution in [-0.4, -0.2) is 20.5 Å². The van der Waals surface area contributed by atoms with E-state index in [-0.39, 0.29) is 22.0 Å². The third-order valence-electron chi connectivity index (χ3n) is 3.83. The highest BCUT2D eigenvalue weighted by Crippen LogP contribution is 2.34. The van der Waals surface area contributed by atoms with Crippen molar-refractivity contribution >= 4 is 33.0 Å². The Morgan fingerprint density at radius 3 is 2.17 bits per heavy atom. The highest BCUT2D eigenvalue weighted by atomic mass is 35.5. The van der Waals surface area contributed by atoms with E-state index in [1.807, 2.05) is 0 Å². The van der Waals surface area contributed by atoms with E-state index in [4.69, 9.17) is 21.1 Å². The molecule has 0 unspecified atom stereocenters. The van der Waals surface area contributed by atoms with Crippen molar-refractivity contribution in [2.24, 2.45) is 0 Å². The van der Waals surface area contributed by atoms with Crippen molar-refractivity contribution in [3.05, 3.63) is 81.9 Å². The summed E-state index contributed by atoms with van der Waals surface area (Å²) < 4.78 is 38.6. The van der Waals surface area contributed by atoms with Crippen molar-refractivity contribution in [1.29, 1.82) is 0 Å². The van der Waals surface area contributed by atoms with Gasteiger partial charge in [-0.15, -0.1) is 0 Å². The minimum Gasteiger partial charge on any atom is -0.497 e. The number of nitro benzene ring substituents is 1. The van der Waals surface area contributed by atoms with Crippen LogP contribution in [0.5, 0.6) is 17.2 Å². The monoisotopic (exact) mass is 434 g/mol. The maximum absolute atomic E-state index is 12.7. The summed E-state index contributed by atoms with van der Waals surface area (Å²) in [6.07, 6.45) is 0. The molecular formula is C19H15ClN2O6S. The molecule has 0 bridgehead atoms. The first kappa shape index (κ1) is 20.4. The summed E-state index contributed by atoms with van der Waals surface area (Å²) in [5.41, 5.74) is -0.0955. The molecule has 0 spiro atoms. The first-order valence-corrected chi connectivity index (χ1v) is 10.0. The van der Waals surface area contributed by atoms with E-state index in [0.29, 0.717) is 16.5 Å². The maximum Gasteiger partial charge on any atom is 0.269 e. The van der Waals surface area contributed by atoms with Gasteiger partial charge in [0.15, 0.2) is 5.75 Å². The molecule has 10 heteroatoms. The molecule has 0 heterocycles. The number of rotatable bonds is 7. The second-order valence-corrected chi connectivity index (χ2v) is 7.89. The molecule has 3 aromatic rings. The molecular weight excluding hydrogens is 420 g/mol. The Balaban J connectivity index is 1.89. The zero-order valence-electron chi connectivity index (χ0n) is 15.0. The van der Waals surface area contributed by atoms with Crippen LogP contribution in [0.25, 0.3) is 0 Å². The summed E-state index contributed by atoms with van der Waals surface area (Å²) in [4.78, 5) is 10.0. The van der Waals surface area contributed by atoms with Gasteiger partial charge in [-0.05, 0) is 54.6 Å². The minimum absolute atomic E-state index is 0.117. The molecule has 0 atom stereocenters. The van der Waals surface area contributed by atoms with Gasteiger partial charge in [-0.1, -0.05) is 11.6 Å². The summed E-state index contributed by atoms with van der Waals surface area (Å²) in [7, 11) is -2.49. The van der Waals surface area contributed by atoms with Crippen molar-refractivity contribution in [2.75, 3.05) is 11.8 Å². The fraction of sp³-hybridized carbons (Fsp3) is 0.0526. The van der Waals surface area contributed by atoms with Gasteiger partial charge in [0.25, 0.3) is 15.7 Å². The Kier molecular flexibility index (Phi) is 5.90. The van der Waals surface area contributed by atoms with E-state index in [9.17, 15) is 18.5 Å². The van der Waals surface area contributed by atoms with Gasteiger partial charge in [-0.25, -0.2) is 8.42 Å². The number of nitrogens with one attached hydrogen (secondary N) is 1. The number of hydrogen-bond donors (Lipinski definition) is 1. The number of halogens is 1. The highest BCUT2D eigenvalue weighted by Gasteiger charge is 2.19.